The van der Waals surface area contributed by atoms with E-state index in [1.165, 1.54) is 0 Å². The van der Waals surface area contributed by atoms with Crippen molar-refractivity contribution >= 4 is 33.4 Å². The molecule has 0 unspecified atom stereocenters. The third-order valence-electron chi connectivity index (χ3n) is 2.81. The van der Waals surface area contributed by atoms with E-state index in [4.69, 9.17) is 0 Å². The van der Waals surface area contributed by atoms with E-state index in [-0.39, 0.29) is 0 Å². The molecule has 1 aromatic carbocycles. The second kappa shape index (κ2) is 7.38. The Hall–Kier alpha value is -1.66. The summed E-state index contributed by atoms with van der Waals surface area (Å²) in [6.45, 7) is 3.71. The van der Waals surface area contributed by atoms with E-state index in [9.17, 15) is 0 Å². The second-order valence-corrected chi connectivity index (χ2v) is 6.00. The Morgan fingerprint density at radius 1 is 1.14 bits per heavy atom. The fraction of sp³-hybridized carbons (Fsp3) is 0.333. The molecular weight excluding hydrogens is 330 g/mol. The average molecular weight is 350 g/mol. The molecule has 1 aromatic heterocycles. The number of hydrogen-bond donors (Lipinski definition) is 2. The van der Waals surface area contributed by atoms with E-state index in [1.54, 1.807) is 0 Å². The highest BCUT2D eigenvalue weighted by molar-refractivity contribution is 9.10. The molecule has 2 N–H and O–H groups in total. The summed E-state index contributed by atoms with van der Waals surface area (Å²) in [6.07, 6.45) is 0. The number of benzene rings is 1. The molecule has 112 valence electrons. The lowest BCUT2D eigenvalue weighted by molar-refractivity contribution is 0.425. The minimum Gasteiger partial charge on any atom is -0.353 e. The molecule has 0 radical (unpaired) electrons. The Kier molecular flexibility index (Phi) is 5.52. The van der Waals surface area contributed by atoms with Crippen LogP contribution in [0.15, 0.2) is 34.8 Å². The molecule has 0 bridgehead atoms. The van der Waals surface area contributed by atoms with Gasteiger partial charge in [-0.1, -0.05) is 15.9 Å². The average Bonchev–Trinajstić information content (AvgIpc) is 2.40. The van der Waals surface area contributed by atoms with Gasteiger partial charge in [-0.05, 0) is 45.3 Å². The zero-order chi connectivity index (χ0) is 15.2. The van der Waals surface area contributed by atoms with Gasteiger partial charge in [0.25, 0.3) is 0 Å². The van der Waals surface area contributed by atoms with E-state index in [1.807, 2.05) is 51.4 Å². The molecule has 0 saturated carbocycles. The molecule has 0 fully saturated rings. The minimum atomic E-state index is 0.650. The molecule has 21 heavy (non-hydrogen) atoms. The van der Waals surface area contributed by atoms with Crippen LogP contribution in [0.5, 0.6) is 0 Å². The number of hydrogen-bond acceptors (Lipinski definition) is 5. The molecule has 0 amide bonds. The first-order chi connectivity index (χ1) is 10.0. The summed E-state index contributed by atoms with van der Waals surface area (Å²) in [5.74, 6) is 1.44. The van der Waals surface area contributed by atoms with Crippen molar-refractivity contribution in [1.29, 1.82) is 0 Å². The molecule has 0 aliphatic carbocycles. The van der Waals surface area contributed by atoms with Gasteiger partial charge in [-0.15, -0.1) is 0 Å². The van der Waals surface area contributed by atoms with Crippen molar-refractivity contribution < 1.29 is 0 Å². The molecule has 0 atom stereocenters. The zero-order valence-corrected chi connectivity index (χ0v) is 14.1. The maximum Gasteiger partial charge on any atom is 0.224 e. The van der Waals surface area contributed by atoms with Gasteiger partial charge < -0.3 is 15.5 Å². The van der Waals surface area contributed by atoms with Crippen LogP contribution >= 0.6 is 15.9 Å². The van der Waals surface area contributed by atoms with Crippen LogP contribution in [0.4, 0.5) is 17.5 Å². The standard InChI is InChI=1S/C15H20BrN5/c1-11-10-14(19-13-6-4-12(16)5-7-13)20-15(18-11)17-8-9-21(2)3/h4-7,10H,8-9H2,1-3H3,(H2,17,18,19,20). The van der Waals surface area contributed by atoms with Crippen LogP contribution in [0.1, 0.15) is 5.69 Å². The van der Waals surface area contributed by atoms with Crippen LogP contribution in [0.25, 0.3) is 0 Å². The van der Waals surface area contributed by atoms with E-state index < -0.39 is 0 Å². The number of nitrogens with one attached hydrogen (secondary N) is 2. The summed E-state index contributed by atoms with van der Waals surface area (Å²) in [4.78, 5) is 11.0. The largest absolute Gasteiger partial charge is 0.353 e. The Bertz CT molecular complexity index is 583. The van der Waals surface area contributed by atoms with Crippen LogP contribution in [0, 0.1) is 6.92 Å². The van der Waals surface area contributed by atoms with Gasteiger partial charge in [0.05, 0.1) is 0 Å². The molecular formula is C15H20BrN5. The quantitative estimate of drug-likeness (QED) is 0.838. The van der Waals surface area contributed by atoms with Crippen molar-refractivity contribution in [2.24, 2.45) is 0 Å². The monoisotopic (exact) mass is 349 g/mol. The maximum atomic E-state index is 4.48. The van der Waals surface area contributed by atoms with Crippen LogP contribution in [-0.4, -0.2) is 42.1 Å². The van der Waals surface area contributed by atoms with Crippen molar-refractivity contribution in [1.82, 2.24) is 14.9 Å². The highest BCUT2D eigenvalue weighted by Gasteiger charge is 2.03. The van der Waals surface area contributed by atoms with Crippen LogP contribution < -0.4 is 10.6 Å². The van der Waals surface area contributed by atoms with Crippen LogP contribution in [0.2, 0.25) is 0 Å². The summed E-state index contributed by atoms with van der Waals surface area (Å²) in [6, 6.07) is 9.92. The van der Waals surface area contributed by atoms with Gasteiger partial charge in [0.2, 0.25) is 5.95 Å². The van der Waals surface area contributed by atoms with Gasteiger partial charge in [0.15, 0.2) is 0 Å². The maximum absolute atomic E-state index is 4.48. The van der Waals surface area contributed by atoms with E-state index in [0.717, 1.165) is 34.8 Å². The van der Waals surface area contributed by atoms with Crippen molar-refractivity contribution in [3.8, 4) is 0 Å². The molecule has 0 aliphatic rings. The number of halogens is 1. The summed E-state index contributed by atoms with van der Waals surface area (Å²) in [7, 11) is 4.08. The fourth-order valence-corrected chi connectivity index (χ4v) is 2.05. The number of aromatic nitrogens is 2. The third-order valence-corrected chi connectivity index (χ3v) is 3.34. The minimum absolute atomic E-state index is 0.650. The summed E-state index contributed by atoms with van der Waals surface area (Å²) < 4.78 is 1.05. The first kappa shape index (κ1) is 15.7. The number of likely N-dealkylation sites (N-methyl/N-ethyl adjacent to an activating group) is 1. The molecule has 0 aliphatic heterocycles. The molecule has 0 spiro atoms. The SMILES string of the molecule is Cc1cc(Nc2ccc(Br)cc2)nc(NCCN(C)C)n1. The molecule has 2 aromatic rings. The number of anilines is 3. The molecule has 2 rings (SSSR count). The van der Waals surface area contributed by atoms with E-state index >= 15 is 0 Å². The van der Waals surface area contributed by atoms with Gasteiger partial charge in [-0.2, -0.15) is 4.98 Å². The summed E-state index contributed by atoms with van der Waals surface area (Å²) in [5, 5.41) is 6.53. The highest BCUT2D eigenvalue weighted by atomic mass is 79.9. The Labute approximate surface area is 133 Å². The molecule has 0 saturated heterocycles. The van der Waals surface area contributed by atoms with Crippen molar-refractivity contribution in [2.45, 2.75) is 6.92 Å². The van der Waals surface area contributed by atoms with Crippen LogP contribution in [0.3, 0.4) is 0 Å². The first-order valence-electron chi connectivity index (χ1n) is 6.80. The lowest BCUT2D eigenvalue weighted by atomic mass is 10.3. The van der Waals surface area contributed by atoms with Crippen molar-refractivity contribution in [3.05, 3.63) is 40.5 Å². The predicted molar refractivity (Wildman–Crippen MR) is 91.2 cm³/mol. The predicted octanol–water partition coefficient (Wildman–Crippen LogP) is 3.26. The van der Waals surface area contributed by atoms with Gasteiger partial charge in [-0.3, -0.25) is 0 Å². The number of rotatable bonds is 6. The lowest BCUT2D eigenvalue weighted by Crippen LogP contribution is -2.21. The smallest absolute Gasteiger partial charge is 0.224 e. The Morgan fingerprint density at radius 3 is 2.52 bits per heavy atom. The fourth-order valence-electron chi connectivity index (χ4n) is 1.78. The molecule has 6 heteroatoms. The Balaban J connectivity index is 2.05. The van der Waals surface area contributed by atoms with Gasteiger partial charge >= 0.3 is 0 Å². The molecule has 1 heterocycles. The first-order valence-corrected chi connectivity index (χ1v) is 7.59. The van der Waals surface area contributed by atoms with E-state index in [0.29, 0.717) is 5.95 Å². The lowest BCUT2D eigenvalue weighted by Gasteiger charge is -2.12. The normalized spacial score (nSPS) is 10.7. The zero-order valence-electron chi connectivity index (χ0n) is 12.5. The Morgan fingerprint density at radius 2 is 1.86 bits per heavy atom. The highest BCUT2D eigenvalue weighted by Crippen LogP contribution is 2.19. The van der Waals surface area contributed by atoms with Crippen molar-refractivity contribution in [3.63, 3.8) is 0 Å². The van der Waals surface area contributed by atoms with Gasteiger partial charge in [0.1, 0.15) is 5.82 Å². The number of nitrogens with zero attached hydrogens (tertiary/aromatic N) is 3. The summed E-state index contributed by atoms with van der Waals surface area (Å²) >= 11 is 3.43. The molecule has 5 nitrogen and oxygen atoms in total. The topological polar surface area (TPSA) is 53.1 Å². The third kappa shape index (κ3) is 5.32. The second-order valence-electron chi connectivity index (χ2n) is 5.08. The summed E-state index contributed by atoms with van der Waals surface area (Å²) in [5.41, 5.74) is 1.92. The van der Waals surface area contributed by atoms with Crippen LogP contribution in [-0.2, 0) is 0 Å². The van der Waals surface area contributed by atoms with Crippen molar-refractivity contribution in [2.75, 3.05) is 37.8 Å². The van der Waals surface area contributed by atoms with Gasteiger partial charge in [0, 0.05) is 35.0 Å². The van der Waals surface area contributed by atoms with Gasteiger partial charge in [-0.25, -0.2) is 4.98 Å². The number of aryl methyl sites for hydroxylation is 1. The van der Waals surface area contributed by atoms with E-state index in [2.05, 4.69) is 41.4 Å².